The van der Waals surface area contributed by atoms with Gasteiger partial charge in [-0.2, -0.15) is 13.2 Å². The van der Waals surface area contributed by atoms with Crippen molar-refractivity contribution in [3.8, 4) is 0 Å². The number of rotatable bonds is 5. The maximum atomic E-state index is 13.0. The summed E-state index contributed by atoms with van der Waals surface area (Å²) in [6, 6.07) is 8.42. The van der Waals surface area contributed by atoms with Crippen molar-refractivity contribution in [1.29, 1.82) is 0 Å². The van der Waals surface area contributed by atoms with Crippen LogP contribution in [0.3, 0.4) is 0 Å². The highest BCUT2D eigenvalue weighted by Crippen LogP contribution is 2.32. The Morgan fingerprint density at radius 2 is 1.62 bits per heavy atom. The van der Waals surface area contributed by atoms with Crippen molar-refractivity contribution in [3.63, 3.8) is 0 Å². The first-order valence-corrected chi connectivity index (χ1v) is 10.2. The number of hydrogen-bond donors (Lipinski definition) is 1. The molecular weight excluding hydrogens is 425 g/mol. The van der Waals surface area contributed by atoms with E-state index in [2.05, 4.69) is 5.32 Å². The molecule has 0 saturated carbocycles. The average Bonchev–Trinajstić information content (AvgIpc) is 2.89. The third-order valence-corrected chi connectivity index (χ3v) is 6.79. The van der Waals surface area contributed by atoms with Gasteiger partial charge in [0.05, 0.1) is 15.4 Å². The number of aryl methyl sites for hydroxylation is 1. The van der Waals surface area contributed by atoms with Crippen LogP contribution in [0.2, 0.25) is 0 Å². The van der Waals surface area contributed by atoms with Gasteiger partial charge in [-0.15, -0.1) is 12.4 Å². The maximum Gasteiger partial charge on any atom is 0.416 e. The fourth-order valence-electron chi connectivity index (χ4n) is 3.32. The lowest BCUT2D eigenvalue weighted by Crippen LogP contribution is -2.11. The number of halogens is 4. The van der Waals surface area contributed by atoms with Crippen molar-refractivity contribution in [2.45, 2.75) is 29.3 Å². The Morgan fingerprint density at radius 1 is 1.03 bits per heavy atom. The van der Waals surface area contributed by atoms with E-state index in [-0.39, 0.29) is 22.2 Å². The molecule has 0 amide bonds. The van der Waals surface area contributed by atoms with Crippen LogP contribution in [0.4, 0.5) is 13.2 Å². The number of nitrogens with zero attached hydrogens (tertiary/aromatic N) is 1. The summed E-state index contributed by atoms with van der Waals surface area (Å²) in [6.45, 7) is 2.73. The number of sulfone groups is 1. The van der Waals surface area contributed by atoms with E-state index in [9.17, 15) is 21.6 Å². The molecule has 4 nitrogen and oxygen atoms in total. The van der Waals surface area contributed by atoms with Gasteiger partial charge in [0.1, 0.15) is 0 Å². The summed E-state index contributed by atoms with van der Waals surface area (Å²) in [7, 11) is -0.156. The molecule has 2 aromatic carbocycles. The number of likely N-dealkylation sites (N-methyl/N-ethyl adjacent to an activating group) is 1. The van der Waals surface area contributed by atoms with Gasteiger partial charge in [0.2, 0.25) is 9.84 Å². The van der Waals surface area contributed by atoms with Gasteiger partial charge >= 0.3 is 6.18 Å². The zero-order chi connectivity index (χ0) is 20.7. The van der Waals surface area contributed by atoms with E-state index in [0.717, 1.165) is 59.4 Å². The zero-order valence-corrected chi connectivity index (χ0v) is 17.8. The number of fused-ring (bicyclic) bond motifs is 1. The molecule has 3 rings (SSSR count). The van der Waals surface area contributed by atoms with E-state index in [0.29, 0.717) is 0 Å². The van der Waals surface area contributed by atoms with Crippen molar-refractivity contribution in [3.05, 3.63) is 59.3 Å². The fourth-order valence-corrected chi connectivity index (χ4v) is 4.61. The van der Waals surface area contributed by atoms with E-state index in [4.69, 9.17) is 0 Å². The Hall–Kier alpha value is -2.03. The van der Waals surface area contributed by atoms with Crippen LogP contribution in [0, 0.1) is 6.92 Å². The van der Waals surface area contributed by atoms with Crippen LogP contribution in [0.5, 0.6) is 0 Å². The molecule has 0 radical (unpaired) electrons. The fraction of sp³-hybridized carbons (Fsp3) is 0.300. The first-order valence-electron chi connectivity index (χ1n) is 8.72. The maximum absolute atomic E-state index is 13.0. The van der Waals surface area contributed by atoms with Gasteiger partial charge < -0.3 is 9.88 Å². The van der Waals surface area contributed by atoms with Gasteiger partial charge in [-0.1, -0.05) is 0 Å². The van der Waals surface area contributed by atoms with Crippen LogP contribution in [-0.4, -0.2) is 26.6 Å². The van der Waals surface area contributed by atoms with E-state index < -0.39 is 21.6 Å². The molecule has 1 aromatic heterocycles. The van der Waals surface area contributed by atoms with Gasteiger partial charge in [-0.25, -0.2) is 8.42 Å². The van der Waals surface area contributed by atoms with Crippen LogP contribution in [-0.2, 0) is 29.5 Å². The molecule has 158 valence electrons. The Morgan fingerprint density at radius 3 is 2.17 bits per heavy atom. The van der Waals surface area contributed by atoms with Crippen molar-refractivity contribution < 1.29 is 21.6 Å². The lowest BCUT2D eigenvalue weighted by atomic mass is 10.1. The quantitative estimate of drug-likeness (QED) is 0.626. The van der Waals surface area contributed by atoms with Crippen LogP contribution >= 0.6 is 12.4 Å². The summed E-state index contributed by atoms with van der Waals surface area (Å²) < 4.78 is 66.1. The minimum atomic E-state index is -4.51. The molecule has 9 heteroatoms. The highest BCUT2D eigenvalue weighted by Gasteiger charge is 2.31. The number of benzene rings is 2. The SMILES string of the molecule is CNCCc1c(C)n(C)c2ccc(S(=O)(=O)c3ccc(C(F)(F)F)cc3)cc12.Cl. The standard InChI is InChI=1S/C20H21F3N2O2S.ClH/c1-13-17(10-11-24-2)18-12-16(8-9-19(18)25(13)3)28(26,27)15-6-4-14(5-7-15)20(21,22)23;/h4-9,12,24H,10-11H2,1-3H3;1H. The van der Waals surface area contributed by atoms with Crippen molar-refractivity contribution in [1.82, 2.24) is 9.88 Å². The highest BCUT2D eigenvalue weighted by molar-refractivity contribution is 7.91. The number of alkyl halides is 3. The summed E-state index contributed by atoms with van der Waals surface area (Å²) >= 11 is 0. The third-order valence-electron chi connectivity index (χ3n) is 5.02. The average molecular weight is 447 g/mol. The third kappa shape index (κ3) is 4.29. The van der Waals surface area contributed by atoms with Gasteiger partial charge in [-0.05, 0) is 75.0 Å². The molecule has 3 aromatic rings. The largest absolute Gasteiger partial charge is 0.416 e. The number of aromatic nitrogens is 1. The first-order chi connectivity index (χ1) is 13.1. The lowest BCUT2D eigenvalue weighted by Gasteiger charge is -2.09. The highest BCUT2D eigenvalue weighted by atomic mass is 35.5. The van der Waals surface area contributed by atoms with Crippen molar-refractivity contribution >= 4 is 33.1 Å². The second-order valence-corrected chi connectivity index (χ2v) is 8.63. The molecule has 0 fully saturated rings. The van der Waals surface area contributed by atoms with Crippen molar-refractivity contribution in [2.24, 2.45) is 7.05 Å². The van der Waals surface area contributed by atoms with E-state index in [1.807, 2.05) is 25.6 Å². The van der Waals surface area contributed by atoms with Gasteiger partial charge in [0, 0.05) is 23.6 Å². The second kappa shape index (κ2) is 8.38. The zero-order valence-electron chi connectivity index (χ0n) is 16.2. The Balaban J connectivity index is 0.00000300. The molecule has 29 heavy (non-hydrogen) atoms. The predicted octanol–water partition coefficient (Wildman–Crippen LogP) is 4.52. The second-order valence-electron chi connectivity index (χ2n) is 6.68. The Bertz CT molecular complexity index is 1120. The monoisotopic (exact) mass is 446 g/mol. The number of hydrogen-bond acceptors (Lipinski definition) is 3. The predicted molar refractivity (Wildman–Crippen MR) is 109 cm³/mol. The molecule has 1 heterocycles. The Kier molecular flexibility index (Phi) is 6.71. The minimum absolute atomic E-state index is 0. The molecule has 0 bridgehead atoms. The van der Waals surface area contributed by atoms with E-state index in [1.165, 1.54) is 6.07 Å². The summed E-state index contributed by atoms with van der Waals surface area (Å²) in [6.07, 6.45) is -3.77. The van der Waals surface area contributed by atoms with E-state index >= 15 is 0 Å². The van der Waals surface area contributed by atoms with Crippen LogP contribution in [0.25, 0.3) is 10.9 Å². The molecule has 0 spiro atoms. The molecule has 0 aliphatic carbocycles. The molecular formula is C20H22ClF3N2O2S. The van der Waals surface area contributed by atoms with Gasteiger partial charge in [0.15, 0.2) is 0 Å². The molecule has 1 N–H and O–H groups in total. The lowest BCUT2D eigenvalue weighted by molar-refractivity contribution is -0.137. The summed E-state index contributed by atoms with van der Waals surface area (Å²) in [5, 5.41) is 3.92. The minimum Gasteiger partial charge on any atom is -0.348 e. The van der Waals surface area contributed by atoms with Crippen LogP contribution in [0.1, 0.15) is 16.8 Å². The number of nitrogens with one attached hydrogen (secondary N) is 1. The summed E-state index contributed by atoms with van der Waals surface area (Å²) in [4.78, 5) is -0.0969. The van der Waals surface area contributed by atoms with E-state index in [1.54, 1.807) is 12.1 Å². The van der Waals surface area contributed by atoms with Gasteiger partial charge in [0.25, 0.3) is 0 Å². The topological polar surface area (TPSA) is 51.1 Å². The molecule has 0 atom stereocenters. The summed E-state index contributed by atoms with van der Waals surface area (Å²) in [5.41, 5.74) is 2.13. The molecule has 0 aliphatic rings. The summed E-state index contributed by atoms with van der Waals surface area (Å²) in [5.74, 6) is 0. The first kappa shape index (κ1) is 23.3. The molecule has 0 saturated heterocycles. The van der Waals surface area contributed by atoms with Crippen LogP contribution < -0.4 is 5.32 Å². The van der Waals surface area contributed by atoms with Gasteiger partial charge in [-0.3, -0.25) is 0 Å². The molecule has 0 unspecified atom stereocenters. The molecule has 0 aliphatic heterocycles. The Labute approximate surface area is 174 Å². The van der Waals surface area contributed by atoms with Crippen molar-refractivity contribution in [2.75, 3.05) is 13.6 Å². The smallest absolute Gasteiger partial charge is 0.348 e. The van der Waals surface area contributed by atoms with Crippen LogP contribution in [0.15, 0.2) is 52.3 Å². The normalized spacial score (nSPS) is 12.2.